The Kier molecular flexibility index (Phi) is 5.48. The molecule has 1 aromatic heterocycles. The normalized spacial score (nSPS) is 22.4. The molecule has 0 aromatic carbocycles. The first kappa shape index (κ1) is 13.7. The highest BCUT2D eigenvalue weighted by Gasteiger charge is 2.15. The molecule has 6 heteroatoms. The molecule has 92 valence electrons. The van der Waals surface area contributed by atoms with Crippen molar-refractivity contribution in [3.63, 3.8) is 0 Å². The molecule has 1 unspecified atom stereocenters. The highest BCUT2D eigenvalue weighted by molar-refractivity contribution is 7.15. The summed E-state index contributed by atoms with van der Waals surface area (Å²) in [6, 6.07) is 0. The van der Waals surface area contributed by atoms with E-state index in [1.807, 2.05) is 6.20 Å². The molecule has 1 aliphatic rings. The number of halogens is 1. The second-order valence-corrected chi connectivity index (χ2v) is 5.23. The van der Waals surface area contributed by atoms with Crippen molar-refractivity contribution in [2.24, 2.45) is 5.92 Å². The first-order chi connectivity index (χ1) is 7.24. The van der Waals surface area contributed by atoms with Crippen LogP contribution in [0.4, 0.5) is 5.13 Å². The highest BCUT2D eigenvalue weighted by Crippen LogP contribution is 2.18. The highest BCUT2D eigenvalue weighted by atomic mass is 35.5. The summed E-state index contributed by atoms with van der Waals surface area (Å²) in [6.07, 6.45) is 1.87. The molecule has 0 spiro atoms. The lowest BCUT2D eigenvalue weighted by molar-refractivity contribution is 0.126. The van der Waals surface area contributed by atoms with Gasteiger partial charge in [0.2, 0.25) is 0 Å². The van der Waals surface area contributed by atoms with Crippen LogP contribution in [0.3, 0.4) is 0 Å². The monoisotopic (exact) mass is 263 g/mol. The molecule has 2 heterocycles. The molecule has 0 bridgehead atoms. The van der Waals surface area contributed by atoms with E-state index in [4.69, 9.17) is 10.5 Å². The summed E-state index contributed by atoms with van der Waals surface area (Å²) < 4.78 is 5.50. The van der Waals surface area contributed by atoms with Gasteiger partial charge in [0.25, 0.3) is 0 Å². The zero-order valence-corrected chi connectivity index (χ0v) is 11.0. The number of rotatable bonds is 2. The minimum atomic E-state index is 0. The molecular weight excluding hydrogens is 246 g/mol. The van der Waals surface area contributed by atoms with E-state index >= 15 is 0 Å². The van der Waals surface area contributed by atoms with Crippen LogP contribution < -0.4 is 5.73 Å². The predicted octanol–water partition coefficient (Wildman–Crippen LogP) is 1.62. The molecule has 1 saturated heterocycles. The van der Waals surface area contributed by atoms with Gasteiger partial charge in [0, 0.05) is 30.7 Å². The lowest BCUT2D eigenvalue weighted by Crippen LogP contribution is -2.28. The Morgan fingerprint density at radius 2 is 2.50 bits per heavy atom. The SMILES string of the molecule is CC1COCCN(Cc2cnc(N)s2)C1.Cl. The third kappa shape index (κ3) is 3.90. The van der Waals surface area contributed by atoms with Crippen LogP contribution in [0.2, 0.25) is 0 Å². The number of aromatic nitrogens is 1. The standard InChI is InChI=1S/C10H17N3OS.ClH/c1-8-5-13(2-3-14-7-8)6-9-4-12-10(11)15-9;/h4,8H,2-3,5-7H2,1H3,(H2,11,12);1H. The Morgan fingerprint density at radius 1 is 1.69 bits per heavy atom. The average Bonchev–Trinajstić information content (AvgIpc) is 2.46. The van der Waals surface area contributed by atoms with E-state index in [9.17, 15) is 0 Å². The van der Waals surface area contributed by atoms with E-state index in [0.29, 0.717) is 11.0 Å². The van der Waals surface area contributed by atoms with Crippen molar-refractivity contribution >= 4 is 28.9 Å². The van der Waals surface area contributed by atoms with Crippen molar-refractivity contribution in [2.45, 2.75) is 13.5 Å². The third-order valence-electron chi connectivity index (χ3n) is 2.47. The predicted molar refractivity (Wildman–Crippen MR) is 69.0 cm³/mol. The van der Waals surface area contributed by atoms with Crippen LogP contribution in [-0.4, -0.2) is 36.2 Å². The fourth-order valence-corrected chi connectivity index (χ4v) is 2.55. The van der Waals surface area contributed by atoms with Crippen molar-refractivity contribution < 1.29 is 4.74 Å². The second kappa shape index (κ2) is 6.39. The Labute approximate surface area is 106 Å². The Hall–Kier alpha value is -0.360. The number of nitrogens with two attached hydrogens (primary N) is 1. The van der Waals surface area contributed by atoms with Crippen LogP contribution in [0.5, 0.6) is 0 Å². The zero-order chi connectivity index (χ0) is 10.7. The number of hydrogen-bond donors (Lipinski definition) is 1. The van der Waals surface area contributed by atoms with Crippen LogP contribution in [0.15, 0.2) is 6.20 Å². The van der Waals surface area contributed by atoms with Crippen molar-refractivity contribution in [3.8, 4) is 0 Å². The van der Waals surface area contributed by atoms with Crippen LogP contribution in [-0.2, 0) is 11.3 Å². The molecule has 2 rings (SSSR count). The third-order valence-corrected chi connectivity index (χ3v) is 3.29. The van der Waals surface area contributed by atoms with Crippen molar-refractivity contribution in [3.05, 3.63) is 11.1 Å². The zero-order valence-electron chi connectivity index (χ0n) is 9.39. The van der Waals surface area contributed by atoms with E-state index in [2.05, 4.69) is 16.8 Å². The largest absolute Gasteiger partial charge is 0.380 e. The molecule has 0 aliphatic carbocycles. The molecule has 1 atom stereocenters. The quantitative estimate of drug-likeness (QED) is 0.881. The molecule has 0 amide bonds. The summed E-state index contributed by atoms with van der Waals surface area (Å²) in [5, 5.41) is 0.657. The molecule has 1 aliphatic heterocycles. The lowest BCUT2D eigenvalue weighted by atomic mass is 10.2. The van der Waals surface area contributed by atoms with Gasteiger partial charge in [-0.15, -0.1) is 23.7 Å². The van der Waals surface area contributed by atoms with Gasteiger partial charge < -0.3 is 10.5 Å². The van der Waals surface area contributed by atoms with E-state index < -0.39 is 0 Å². The molecule has 16 heavy (non-hydrogen) atoms. The van der Waals surface area contributed by atoms with Crippen molar-refractivity contribution in [2.75, 3.05) is 32.0 Å². The minimum Gasteiger partial charge on any atom is -0.380 e. The van der Waals surface area contributed by atoms with E-state index in [1.54, 1.807) is 11.3 Å². The van der Waals surface area contributed by atoms with Gasteiger partial charge in [-0.3, -0.25) is 4.90 Å². The topological polar surface area (TPSA) is 51.4 Å². The maximum absolute atomic E-state index is 5.61. The van der Waals surface area contributed by atoms with Gasteiger partial charge in [-0.25, -0.2) is 4.98 Å². The smallest absolute Gasteiger partial charge is 0.180 e. The summed E-state index contributed by atoms with van der Waals surface area (Å²) in [6.45, 7) is 6.97. The summed E-state index contributed by atoms with van der Waals surface area (Å²) in [7, 11) is 0. The maximum Gasteiger partial charge on any atom is 0.180 e. The molecule has 1 fully saturated rings. The van der Waals surface area contributed by atoms with Gasteiger partial charge in [0.15, 0.2) is 5.13 Å². The first-order valence-corrected chi connectivity index (χ1v) is 6.06. The van der Waals surface area contributed by atoms with Gasteiger partial charge in [0.05, 0.1) is 13.2 Å². The van der Waals surface area contributed by atoms with Gasteiger partial charge in [-0.2, -0.15) is 0 Å². The molecule has 0 radical (unpaired) electrons. The average molecular weight is 264 g/mol. The summed E-state index contributed by atoms with van der Waals surface area (Å²) in [5.74, 6) is 0.609. The minimum absolute atomic E-state index is 0. The second-order valence-electron chi connectivity index (χ2n) is 4.08. The summed E-state index contributed by atoms with van der Waals surface area (Å²) in [4.78, 5) is 7.71. The van der Waals surface area contributed by atoms with Crippen LogP contribution in [0.25, 0.3) is 0 Å². The Bertz CT molecular complexity index is 321. The molecule has 2 N–H and O–H groups in total. The number of hydrogen-bond acceptors (Lipinski definition) is 5. The van der Waals surface area contributed by atoms with Gasteiger partial charge in [-0.05, 0) is 5.92 Å². The maximum atomic E-state index is 5.61. The summed E-state index contributed by atoms with van der Waals surface area (Å²) in [5.41, 5.74) is 5.61. The van der Waals surface area contributed by atoms with Gasteiger partial charge >= 0.3 is 0 Å². The fourth-order valence-electron chi connectivity index (χ4n) is 1.82. The molecule has 4 nitrogen and oxygen atoms in total. The van der Waals surface area contributed by atoms with E-state index in [1.165, 1.54) is 4.88 Å². The number of nitrogen functional groups attached to an aromatic ring is 1. The van der Waals surface area contributed by atoms with Crippen LogP contribution in [0, 0.1) is 5.92 Å². The number of nitrogens with zero attached hydrogens (tertiary/aromatic N) is 2. The lowest BCUT2D eigenvalue weighted by Gasteiger charge is -2.20. The van der Waals surface area contributed by atoms with Crippen molar-refractivity contribution in [1.29, 1.82) is 0 Å². The fraction of sp³-hybridized carbons (Fsp3) is 0.700. The number of anilines is 1. The Balaban J connectivity index is 0.00000128. The molecule has 0 saturated carbocycles. The van der Waals surface area contributed by atoms with Gasteiger partial charge in [-0.1, -0.05) is 6.92 Å². The molecule has 1 aromatic rings. The van der Waals surface area contributed by atoms with Crippen molar-refractivity contribution in [1.82, 2.24) is 9.88 Å². The van der Waals surface area contributed by atoms with Gasteiger partial charge in [0.1, 0.15) is 0 Å². The summed E-state index contributed by atoms with van der Waals surface area (Å²) >= 11 is 1.57. The van der Waals surface area contributed by atoms with Crippen LogP contribution in [0.1, 0.15) is 11.8 Å². The van der Waals surface area contributed by atoms with Crippen LogP contribution >= 0.6 is 23.7 Å². The van der Waals surface area contributed by atoms with E-state index in [-0.39, 0.29) is 12.4 Å². The number of ether oxygens (including phenoxy) is 1. The van der Waals surface area contributed by atoms with E-state index in [0.717, 1.165) is 32.8 Å². The molecular formula is C10H18ClN3OS. The first-order valence-electron chi connectivity index (χ1n) is 5.24. The Morgan fingerprint density at radius 3 is 3.19 bits per heavy atom. The number of thiazole rings is 1.